The molecule has 1 aromatic carbocycles. The maximum atomic E-state index is 13.3. The number of rotatable bonds is 8. The molecule has 2 N–H and O–H groups in total. The van der Waals surface area contributed by atoms with E-state index in [9.17, 15) is 9.59 Å². The van der Waals surface area contributed by atoms with Crippen LogP contribution in [0.1, 0.15) is 55.3 Å². The number of hydrogen-bond donors (Lipinski definition) is 2. The predicted octanol–water partition coefficient (Wildman–Crippen LogP) is 3.97. The zero-order valence-corrected chi connectivity index (χ0v) is 23.9. The number of ether oxygens (including phenoxy) is 1. The standard InChI is InChI=1S/C30H41N7O3/c1-5-9-21-18-37(23-11-6-7-12-23)27-25(36(3)29(21)39)17-31-30(34-27)33-24-14-13-20(16-26(24)40-4)28(38)32-22-10-8-15-35(2)19-22/h5,13-14,16-17,21-23H,1,6-12,15,18-19H2,2-4H3,(H,32,38)(H,31,33,34)/t21-,22-/m0/s1. The van der Waals surface area contributed by atoms with Crippen LogP contribution in [0.3, 0.4) is 0 Å². The molecule has 0 bridgehead atoms. The molecule has 10 heteroatoms. The van der Waals surface area contributed by atoms with Gasteiger partial charge in [0, 0.05) is 37.8 Å². The van der Waals surface area contributed by atoms with Crippen molar-refractivity contribution in [3.05, 3.63) is 42.6 Å². The van der Waals surface area contributed by atoms with Gasteiger partial charge in [-0.15, -0.1) is 6.58 Å². The molecule has 0 unspecified atom stereocenters. The van der Waals surface area contributed by atoms with Crippen molar-refractivity contribution in [1.82, 2.24) is 20.2 Å². The van der Waals surface area contributed by atoms with Gasteiger partial charge in [-0.25, -0.2) is 4.98 Å². The first kappa shape index (κ1) is 27.9. The minimum atomic E-state index is -0.179. The molecule has 10 nitrogen and oxygen atoms in total. The van der Waals surface area contributed by atoms with Gasteiger partial charge >= 0.3 is 0 Å². The number of methoxy groups -OCH3 is 1. The largest absolute Gasteiger partial charge is 0.495 e. The van der Waals surface area contributed by atoms with Gasteiger partial charge < -0.3 is 30.1 Å². The van der Waals surface area contributed by atoms with Crippen molar-refractivity contribution in [1.29, 1.82) is 0 Å². The first-order chi connectivity index (χ1) is 19.4. The number of anilines is 4. The lowest BCUT2D eigenvalue weighted by Crippen LogP contribution is -2.46. The summed E-state index contributed by atoms with van der Waals surface area (Å²) >= 11 is 0. The van der Waals surface area contributed by atoms with Crippen molar-refractivity contribution < 1.29 is 14.3 Å². The van der Waals surface area contributed by atoms with Gasteiger partial charge in [0.1, 0.15) is 11.4 Å². The van der Waals surface area contributed by atoms with Crippen molar-refractivity contribution >= 4 is 35.0 Å². The third kappa shape index (κ3) is 5.91. The third-order valence-corrected chi connectivity index (χ3v) is 8.37. The summed E-state index contributed by atoms with van der Waals surface area (Å²) in [6, 6.07) is 5.82. The van der Waals surface area contributed by atoms with E-state index in [1.54, 1.807) is 37.4 Å². The summed E-state index contributed by atoms with van der Waals surface area (Å²) in [5.74, 6) is 1.46. The zero-order valence-electron chi connectivity index (χ0n) is 23.9. The van der Waals surface area contributed by atoms with Crippen LogP contribution in [-0.2, 0) is 4.79 Å². The predicted molar refractivity (Wildman–Crippen MR) is 158 cm³/mol. The van der Waals surface area contributed by atoms with E-state index >= 15 is 0 Å². The van der Waals surface area contributed by atoms with E-state index in [0.29, 0.717) is 47.6 Å². The minimum Gasteiger partial charge on any atom is -0.495 e. The quantitative estimate of drug-likeness (QED) is 0.479. The molecule has 0 spiro atoms. The van der Waals surface area contributed by atoms with Gasteiger partial charge in [0.05, 0.1) is 24.9 Å². The summed E-state index contributed by atoms with van der Waals surface area (Å²) in [7, 11) is 5.46. The molecule has 2 fully saturated rings. The van der Waals surface area contributed by atoms with Crippen molar-refractivity contribution in [3.63, 3.8) is 0 Å². The molecule has 1 aliphatic carbocycles. The second kappa shape index (κ2) is 12.2. The average molecular weight is 548 g/mol. The van der Waals surface area contributed by atoms with Gasteiger partial charge in [-0.3, -0.25) is 9.59 Å². The Hall–Kier alpha value is -3.66. The molecule has 40 heavy (non-hydrogen) atoms. The zero-order chi connectivity index (χ0) is 28.2. The summed E-state index contributed by atoms with van der Waals surface area (Å²) in [6.07, 6.45) is 10.7. The number of amides is 2. The van der Waals surface area contributed by atoms with Crippen LogP contribution in [0.15, 0.2) is 37.1 Å². The second-order valence-corrected chi connectivity index (χ2v) is 11.2. The molecule has 2 aromatic rings. The molecule has 1 aromatic heterocycles. The lowest BCUT2D eigenvalue weighted by atomic mass is 10.0. The fraction of sp³-hybridized carbons (Fsp3) is 0.533. The summed E-state index contributed by atoms with van der Waals surface area (Å²) < 4.78 is 5.64. The highest BCUT2D eigenvalue weighted by Gasteiger charge is 2.36. The topological polar surface area (TPSA) is 103 Å². The van der Waals surface area contributed by atoms with Crippen LogP contribution in [-0.4, -0.2) is 79.6 Å². The van der Waals surface area contributed by atoms with E-state index in [-0.39, 0.29) is 23.8 Å². The lowest BCUT2D eigenvalue weighted by molar-refractivity contribution is -0.121. The number of carbonyl (C=O) groups excluding carboxylic acids is 2. The smallest absolute Gasteiger partial charge is 0.251 e. The Morgan fingerprint density at radius 1 is 1.18 bits per heavy atom. The second-order valence-electron chi connectivity index (χ2n) is 11.2. The number of hydrogen-bond acceptors (Lipinski definition) is 8. The van der Waals surface area contributed by atoms with Gasteiger partial charge in [-0.2, -0.15) is 4.98 Å². The molecule has 5 rings (SSSR count). The van der Waals surface area contributed by atoms with Crippen molar-refractivity contribution in [3.8, 4) is 5.75 Å². The lowest BCUT2D eigenvalue weighted by Gasteiger charge is -2.31. The number of benzene rings is 1. The van der Waals surface area contributed by atoms with Gasteiger partial charge in [-0.1, -0.05) is 18.9 Å². The van der Waals surface area contributed by atoms with E-state index in [4.69, 9.17) is 9.72 Å². The van der Waals surface area contributed by atoms with Crippen LogP contribution >= 0.6 is 0 Å². The van der Waals surface area contributed by atoms with Crippen LogP contribution in [0.5, 0.6) is 5.75 Å². The van der Waals surface area contributed by atoms with Crippen LogP contribution in [0.2, 0.25) is 0 Å². The van der Waals surface area contributed by atoms with E-state index in [1.165, 1.54) is 12.8 Å². The Morgan fingerprint density at radius 2 is 1.98 bits per heavy atom. The van der Waals surface area contributed by atoms with Gasteiger partial charge in [-0.05, 0) is 63.9 Å². The van der Waals surface area contributed by atoms with Crippen LogP contribution in [0.25, 0.3) is 0 Å². The number of carbonyl (C=O) groups is 2. The highest BCUT2D eigenvalue weighted by atomic mass is 16.5. The van der Waals surface area contributed by atoms with E-state index < -0.39 is 0 Å². The fourth-order valence-electron chi connectivity index (χ4n) is 6.19. The monoisotopic (exact) mass is 547 g/mol. The number of aromatic nitrogens is 2. The van der Waals surface area contributed by atoms with Crippen LogP contribution in [0.4, 0.5) is 23.1 Å². The minimum absolute atomic E-state index is 0.0568. The number of likely N-dealkylation sites (N-methyl/N-ethyl adjacent to an activating group) is 1. The summed E-state index contributed by atoms with van der Waals surface area (Å²) in [4.78, 5) is 42.0. The van der Waals surface area contributed by atoms with Crippen molar-refractivity contribution in [2.75, 3.05) is 56.0 Å². The van der Waals surface area contributed by atoms with Crippen molar-refractivity contribution in [2.24, 2.45) is 5.92 Å². The normalized spacial score (nSPS) is 22.0. The maximum Gasteiger partial charge on any atom is 0.251 e. The Bertz CT molecular complexity index is 1250. The Labute approximate surface area is 236 Å². The Balaban J connectivity index is 1.39. The molecule has 0 radical (unpaired) electrons. The van der Waals surface area contributed by atoms with Crippen LogP contribution < -0.4 is 25.2 Å². The summed E-state index contributed by atoms with van der Waals surface area (Å²) in [6.45, 7) is 6.39. The maximum absolute atomic E-state index is 13.3. The molecular weight excluding hydrogens is 506 g/mol. The average Bonchev–Trinajstić information content (AvgIpc) is 3.46. The summed E-state index contributed by atoms with van der Waals surface area (Å²) in [5, 5.41) is 6.44. The SMILES string of the molecule is C=CC[C@H]1CN(C2CCCC2)c2nc(Nc3ccc(C(=O)N[C@H]4CCCN(C)C4)cc3OC)ncc2N(C)C1=O. The molecule has 3 heterocycles. The molecule has 2 amide bonds. The third-order valence-electron chi connectivity index (χ3n) is 8.37. The number of nitrogens with zero attached hydrogens (tertiary/aromatic N) is 5. The molecule has 214 valence electrons. The Morgan fingerprint density at radius 3 is 2.70 bits per heavy atom. The number of fused-ring (bicyclic) bond motifs is 1. The van der Waals surface area contributed by atoms with Gasteiger partial charge in [0.15, 0.2) is 5.82 Å². The van der Waals surface area contributed by atoms with Gasteiger partial charge in [0.25, 0.3) is 5.91 Å². The molecular formula is C30H41N7O3. The van der Waals surface area contributed by atoms with Crippen LogP contribution in [0, 0.1) is 5.92 Å². The first-order valence-corrected chi connectivity index (χ1v) is 14.3. The molecule has 3 aliphatic rings. The number of piperidine rings is 1. The molecule has 2 atom stereocenters. The van der Waals surface area contributed by atoms with E-state index in [2.05, 4.69) is 39.0 Å². The molecule has 1 saturated heterocycles. The molecule has 2 aliphatic heterocycles. The highest BCUT2D eigenvalue weighted by Crippen LogP contribution is 2.38. The number of likely N-dealkylation sites (tertiary alicyclic amines) is 1. The van der Waals surface area contributed by atoms with Gasteiger partial charge in [0.2, 0.25) is 11.9 Å². The molecule has 1 saturated carbocycles. The van der Waals surface area contributed by atoms with E-state index in [0.717, 1.165) is 44.6 Å². The van der Waals surface area contributed by atoms with Crippen molar-refractivity contribution in [2.45, 2.75) is 57.0 Å². The summed E-state index contributed by atoms with van der Waals surface area (Å²) in [5.41, 5.74) is 1.91. The number of allylic oxidation sites excluding steroid dienone is 1. The number of nitrogens with one attached hydrogen (secondary N) is 2. The fourth-order valence-corrected chi connectivity index (χ4v) is 6.19. The highest BCUT2D eigenvalue weighted by molar-refractivity contribution is 5.99. The van der Waals surface area contributed by atoms with E-state index in [1.807, 2.05) is 12.1 Å². The Kier molecular flexibility index (Phi) is 8.54. The first-order valence-electron chi connectivity index (χ1n) is 14.3.